The minimum Gasteiger partial charge on any atom is -0.396 e. The predicted molar refractivity (Wildman–Crippen MR) is 87.8 cm³/mol. The van der Waals surface area contributed by atoms with Crippen molar-refractivity contribution in [2.24, 2.45) is 0 Å². The molecule has 110 valence electrons. The molecule has 0 saturated carbocycles. The van der Waals surface area contributed by atoms with Gasteiger partial charge in [-0.3, -0.25) is 0 Å². The van der Waals surface area contributed by atoms with Gasteiger partial charge in [0, 0.05) is 25.8 Å². The van der Waals surface area contributed by atoms with Crippen molar-refractivity contribution in [2.45, 2.75) is 13.0 Å². The Kier molecular flexibility index (Phi) is 3.99. The van der Waals surface area contributed by atoms with Crippen molar-refractivity contribution in [1.29, 1.82) is 0 Å². The molecular weight excluding hydrogens is 284 g/mol. The summed E-state index contributed by atoms with van der Waals surface area (Å²) in [6.45, 7) is 4.77. The van der Waals surface area contributed by atoms with Crippen LogP contribution in [0.5, 0.6) is 0 Å². The minimum atomic E-state index is 0.232. The number of aromatic nitrogens is 1. The summed E-state index contributed by atoms with van der Waals surface area (Å²) in [5, 5.41) is 4.01. The van der Waals surface area contributed by atoms with Crippen LogP contribution in [0.4, 0.5) is 11.5 Å². The number of nitrogens with two attached hydrogens (primary N) is 1. The van der Waals surface area contributed by atoms with E-state index in [1.807, 2.05) is 0 Å². The van der Waals surface area contributed by atoms with Gasteiger partial charge >= 0.3 is 0 Å². The van der Waals surface area contributed by atoms with Gasteiger partial charge in [0.1, 0.15) is 0 Å². The molecule has 3 N–H and O–H groups in total. The molecule has 1 aliphatic rings. The van der Waals surface area contributed by atoms with E-state index < -0.39 is 0 Å². The Morgan fingerprint density at radius 1 is 1.33 bits per heavy atom. The monoisotopic (exact) mass is 302 g/mol. The van der Waals surface area contributed by atoms with E-state index in [2.05, 4.69) is 46.4 Å². The molecule has 0 amide bonds. The van der Waals surface area contributed by atoms with E-state index in [4.69, 9.17) is 17.3 Å². The van der Waals surface area contributed by atoms with Crippen molar-refractivity contribution >= 4 is 23.1 Å². The van der Waals surface area contributed by atoms with Crippen molar-refractivity contribution in [1.82, 2.24) is 10.3 Å². The maximum atomic E-state index is 6.11. The van der Waals surface area contributed by atoms with Gasteiger partial charge in [-0.15, -0.1) is 0 Å². The number of nitrogens with one attached hydrogen (secondary N) is 1. The SMILES string of the molecule is Cc1ccc(C2CNCCN2c2ncc(Cl)cc2N)cc1. The largest absolute Gasteiger partial charge is 0.396 e. The standard InChI is InChI=1S/C16H19ClN4/c1-11-2-4-12(5-3-11)15-10-19-6-7-21(15)16-14(18)8-13(17)9-20-16/h2-5,8-9,15,19H,6-7,10,18H2,1H3. The Labute approximate surface area is 129 Å². The number of halogens is 1. The van der Waals surface area contributed by atoms with Crippen LogP contribution < -0.4 is 16.0 Å². The first-order chi connectivity index (χ1) is 10.1. The van der Waals surface area contributed by atoms with E-state index in [-0.39, 0.29) is 6.04 Å². The molecule has 1 aliphatic heterocycles. The molecule has 0 bridgehead atoms. The topological polar surface area (TPSA) is 54.2 Å². The molecule has 1 atom stereocenters. The number of hydrogen-bond acceptors (Lipinski definition) is 4. The quantitative estimate of drug-likeness (QED) is 0.896. The zero-order valence-corrected chi connectivity index (χ0v) is 12.8. The van der Waals surface area contributed by atoms with Crippen LogP contribution in [0.2, 0.25) is 5.02 Å². The highest BCUT2D eigenvalue weighted by Gasteiger charge is 2.26. The third-order valence-corrected chi connectivity index (χ3v) is 4.05. The summed E-state index contributed by atoms with van der Waals surface area (Å²) in [5.74, 6) is 0.812. The van der Waals surface area contributed by atoms with Gasteiger partial charge < -0.3 is 16.0 Å². The van der Waals surface area contributed by atoms with Gasteiger partial charge in [0.05, 0.1) is 16.8 Å². The maximum Gasteiger partial charge on any atom is 0.152 e. The van der Waals surface area contributed by atoms with Gasteiger partial charge in [-0.05, 0) is 18.6 Å². The van der Waals surface area contributed by atoms with E-state index >= 15 is 0 Å². The van der Waals surface area contributed by atoms with Crippen molar-refractivity contribution in [3.05, 3.63) is 52.7 Å². The van der Waals surface area contributed by atoms with E-state index in [0.29, 0.717) is 10.7 Å². The molecule has 1 aromatic heterocycles. The number of aryl methyl sites for hydroxylation is 1. The number of nitrogens with zero attached hydrogens (tertiary/aromatic N) is 2. The first-order valence-corrected chi connectivity index (χ1v) is 7.48. The summed E-state index contributed by atoms with van der Waals surface area (Å²) < 4.78 is 0. The zero-order chi connectivity index (χ0) is 14.8. The first kappa shape index (κ1) is 14.2. The van der Waals surface area contributed by atoms with Crippen LogP contribution in [-0.2, 0) is 0 Å². The summed E-state index contributed by atoms with van der Waals surface area (Å²) in [6, 6.07) is 10.6. The molecule has 0 aliphatic carbocycles. The second-order valence-electron chi connectivity index (χ2n) is 5.39. The van der Waals surface area contributed by atoms with Gasteiger partial charge in [-0.1, -0.05) is 41.4 Å². The molecule has 1 unspecified atom stereocenters. The zero-order valence-electron chi connectivity index (χ0n) is 12.0. The summed E-state index contributed by atoms with van der Waals surface area (Å²) in [4.78, 5) is 6.69. The van der Waals surface area contributed by atoms with Gasteiger partial charge in [0.25, 0.3) is 0 Å². The van der Waals surface area contributed by atoms with E-state index in [1.54, 1.807) is 12.3 Å². The van der Waals surface area contributed by atoms with Crippen LogP contribution in [0.25, 0.3) is 0 Å². The van der Waals surface area contributed by atoms with Crippen molar-refractivity contribution in [3.8, 4) is 0 Å². The lowest BCUT2D eigenvalue weighted by atomic mass is 10.0. The lowest BCUT2D eigenvalue weighted by Crippen LogP contribution is -2.46. The van der Waals surface area contributed by atoms with Crippen molar-refractivity contribution in [3.63, 3.8) is 0 Å². The smallest absolute Gasteiger partial charge is 0.152 e. The lowest BCUT2D eigenvalue weighted by molar-refractivity contribution is 0.487. The van der Waals surface area contributed by atoms with E-state index in [0.717, 1.165) is 25.5 Å². The van der Waals surface area contributed by atoms with Crippen LogP contribution >= 0.6 is 11.6 Å². The molecule has 5 heteroatoms. The molecule has 1 fully saturated rings. The van der Waals surface area contributed by atoms with Crippen LogP contribution in [-0.4, -0.2) is 24.6 Å². The fourth-order valence-corrected chi connectivity index (χ4v) is 2.90. The second-order valence-corrected chi connectivity index (χ2v) is 5.83. The molecule has 21 heavy (non-hydrogen) atoms. The van der Waals surface area contributed by atoms with Crippen molar-refractivity contribution < 1.29 is 0 Å². The average Bonchev–Trinajstić information content (AvgIpc) is 2.48. The molecule has 4 nitrogen and oxygen atoms in total. The molecule has 0 radical (unpaired) electrons. The Balaban J connectivity index is 1.96. The number of hydrogen-bond donors (Lipinski definition) is 2. The fourth-order valence-electron chi connectivity index (χ4n) is 2.73. The number of rotatable bonds is 2. The van der Waals surface area contributed by atoms with Crippen molar-refractivity contribution in [2.75, 3.05) is 30.3 Å². The third kappa shape index (κ3) is 2.96. The summed E-state index contributed by atoms with van der Waals surface area (Å²) in [7, 11) is 0. The molecule has 3 rings (SSSR count). The Bertz CT molecular complexity index is 627. The molecule has 2 aromatic rings. The highest BCUT2D eigenvalue weighted by molar-refractivity contribution is 6.30. The van der Waals surface area contributed by atoms with Gasteiger partial charge in [0.2, 0.25) is 0 Å². The Hall–Kier alpha value is -1.78. The second kappa shape index (κ2) is 5.92. The summed E-state index contributed by atoms with van der Waals surface area (Å²) in [5.41, 5.74) is 9.26. The van der Waals surface area contributed by atoms with E-state index in [9.17, 15) is 0 Å². The molecular formula is C16H19ClN4. The average molecular weight is 303 g/mol. The Morgan fingerprint density at radius 2 is 2.10 bits per heavy atom. The van der Waals surface area contributed by atoms with Crippen LogP contribution in [0, 0.1) is 6.92 Å². The number of benzene rings is 1. The predicted octanol–water partition coefficient (Wildman–Crippen LogP) is 2.78. The fraction of sp³-hybridized carbons (Fsp3) is 0.312. The lowest BCUT2D eigenvalue weighted by Gasteiger charge is -2.38. The minimum absolute atomic E-state index is 0.232. The van der Waals surface area contributed by atoms with Crippen LogP contribution in [0.1, 0.15) is 17.2 Å². The summed E-state index contributed by atoms with van der Waals surface area (Å²) in [6.07, 6.45) is 1.65. The number of pyridine rings is 1. The highest BCUT2D eigenvalue weighted by atomic mass is 35.5. The summed E-state index contributed by atoms with van der Waals surface area (Å²) >= 11 is 5.95. The maximum absolute atomic E-state index is 6.11. The number of anilines is 2. The van der Waals surface area contributed by atoms with Crippen LogP contribution in [0.15, 0.2) is 36.5 Å². The highest BCUT2D eigenvalue weighted by Crippen LogP contribution is 2.31. The molecule has 1 saturated heterocycles. The number of nitrogen functional groups attached to an aromatic ring is 1. The first-order valence-electron chi connectivity index (χ1n) is 7.10. The van der Waals surface area contributed by atoms with Gasteiger partial charge in [0.15, 0.2) is 5.82 Å². The van der Waals surface area contributed by atoms with E-state index in [1.165, 1.54) is 11.1 Å². The third-order valence-electron chi connectivity index (χ3n) is 3.84. The molecule has 2 heterocycles. The normalized spacial score (nSPS) is 18.8. The van der Waals surface area contributed by atoms with Gasteiger partial charge in [-0.2, -0.15) is 0 Å². The van der Waals surface area contributed by atoms with Gasteiger partial charge in [-0.25, -0.2) is 4.98 Å². The molecule has 0 spiro atoms. The Morgan fingerprint density at radius 3 is 2.81 bits per heavy atom. The van der Waals surface area contributed by atoms with Crippen LogP contribution in [0.3, 0.4) is 0 Å². The molecule has 1 aromatic carbocycles. The number of piperazine rings is 1.